The predicted octanol–water partition coefficient (Wildman–Crippen LogP) is 2.70. The molecule has 0 spiro atoms. The van der Waals surface area contributed by atoms with Crippen LogP contribution < -0.4 is 10.6 Å². The van der Waals surface area contributed by atoms with Gasteiger partial charge in [0.2, 0.25) is 5.91 Å². The molecule has 1 aromatic rings. The lowest BCUT2D eigenvalue weighted by atomic mass is 9.97. The van der Waals surface area contributed by atoms with E-state index in [0.29, 0.717) is 21.2 Å². The van der Waals surface area contributed by atoms with Gasteiger partial charge in [-0.15, -0.1) is 0 Å². The maximum Gasteiger partial charge on any atom is 0.337 e. The topological polar surface area (TPSA) is 78.4 Å². The van der Waals surface area contributed by atoms with Gasteiger partial charge in [0, 0.05) is 15.5 Å². The standard InChI is InChI=1S/C13H14Br2N2O3/c1-6-4-16-5-9(6)12(18)17-11-8(13(19)20)2-7(14)3-10(11)15/h2-3,6,9,16H,4-5H2,1H3,(H,17,18)(H,19,20)/t6-,9-/m1/s1. The van der Waals surface area contributed by atoms with Crippen LogP contribution in [0.15, 0.2) is 21.1 Å². The van der Waals surface area contributed by atoms with Crippen molar-refractivity contribution in [3.8, 4) is 0 Å². The summed E-state index contributed by atoms with van der Waals surface area (Å²) in [5, 5.41) is 15.1. The smallest absolute Gasteiger partial charge is 0.337 e. The van der Waals surface area contributed by atoms with Crippen molar-refractivity contribution in [1.82, 2.24) is 5.32 Å². The fourth-order valence-corrected chi connectivity index (χ4v) is 3.57. The molecule has 5 nitrogen and oxygen atoms in total. The molecule has 1 aliphatic heterocycles. The molecule has 0 radical (unpaired) electrons. The second kappa shape index (κ2) is 6.24. The lowest BCUT2D eigenvalue weighted by Gasteiger charge is -2.16. The van der Waals surface area contributed by atoms with Gasteiger partial charge in [0.25, 0.3) is 0 Å². The first-order valence-electron chi connectivity index (χ1n) is 6.14. The van der Waals surface area contributed by atoms with Gasteiger partial charge in [0.1, 0.15) is 0 Å². The zero-order valence-corrected chi connectivity index (χ0v) is 13.9. The number of carboxylic acids is 1. The molecule has 0 aliphatic carbocycles. The van der Waals surface area contributed by atoms with Crippen LogP contribution in [0.2, 0.25) is 0 Å². The maximum atomic E-state index is 12.3. The maximum absolute atomic E-state index is 12.3. The summed E-state index contributed by atoms with van der Waals surface area (Å²) in [6.07, 6.45) is 0. The second-order valence-corrected chi connectivity index (χ2v) is 6.62. The van der Waals surface area contributed by atoms with Crippen molar-refractivity contribution in [2.24, 2.45) is 11.8 Å². The lowest BCUT2D eigenvalue weighted by molar-refractivity contribution is -0.120. The normalized spacial score (nSPS) is 21.8. The number of anilines is 1. The minimum Gasteiger partial charge on any atom is -0.478 e. The molecule has 0 unspecified atom stereocenters. The number of carboxylic acid groups (broad SMARTS) is 1. The predicted molar refractivity (Wildman–Crippen MR) is 83.0 cm³/mol. The molecule has 3 N–H and O–H groups in total. The highest BCUT2D eigenvalue weighted by Crippen LogP contribution is 2.32. The third-order valence-corrected chi connectivity index (χ3v) is 4.47. The average Bonchev–Trinajstić information content (AvgIpc) is 2.78. The number of hydrogen-bond acceptors (Lipinski definition) is 3. The zero-order chi connectivity index (χ0) is 14.9. The average molecular weight is 406 g/mol. The SMILES string of the molecule is C[C@@H]1CNC[C@H]1C(=O)Nc1c(Br)cc(Br)cc1C(=O)O. The minimum atomic E-state index is -1.08. The molecular weight excluding hydrogens is 392 g/mol. The van der Waals surface area contributed by atoms with Crippen LogP contribution in [0.3, 0.4) is 0 Å². The Morgan fingerprint density at radius 1 is 1.35 bits per heavy atom. The first-order valence-corrected chi connectivity index (χ1v) is 7.72. The quantitative estimate of drug-likeness (QED) is 0.722. The summed E-state index contributed by atoms with van der Waals surface area (Å²) in [5.74, 6) is -1.15. The Kier molecular flexibility index (Phi) is 4.82. The Morgan fingerprint density at radius 3 is 2.60 bits per heavy atom. The summed E-state index contributed by atoms with van der Waals surface area (Å²) in [6, 6.07) is 3.18. The van der Waals surface area contributed by atoms with Gasteiger partial charge in [-0.05, 0) is 40.5 Å². The van der Waals surface area contributed by atoms with Gasteiger partial charge in [-0.1, -0.05) is 22.9 Å². The molecule has 1 fully saturated rings. The Morgan fingerprint density at radius 2 is 2.05 bits per heavy atom. The first-order chi connectivity index (χ1) is 9.40. The molecule has 1 saturated heterocycles. The van der Waals surface area contributed by atoms with Crippen LogP contribution in [-0.4, -0.2) is 30.1 Å². The summed E-state index contributed by atoms with van der Waals surface area (Å²) in [7, 11) is 0. The molecule has 20 heavy (non-hydrogen) atoms. The van der Waals surface area contributed by atoms with Gasteiger partial charge in [-0.2, -0.15) is 0 Å². The summed E-state index contributed by atoms with van der Waals surface area (Å²) in [5.41, 5.74) is 0.350. The number of aromatic carboxylic acids is 1. The van der Waals surface area contributed by atoms with Crippen molar-refractivity contribution >= 4 is 49.4 Å². The molecule has 7 heteroatoms. The fourth-order valence-electron chi connectivity index (χ4n) is 2.25. The Labute approximate surface area is 133 Å². The van der Waals surface area contributed by atoms with E-state index in [1.807, 2.05) is 6.92 Å². The van der Waals surface area contributed by atoms with Crippen LogP contribution in [0, 0.1) is 11.8 Å². The Bertz CT molecular complexity index is 563. The summed E-state index contributed by atoms with van der Waals surface area (Å²) >= 11 is 6.54. The molecule has 1 heterocycles. The third kappa shape index (κ3) is 3.21. The monoisotopic (exact) mass is 404 g/mol. The Hall–Kier alpha value is -0.920. The van der Waals surface area contributed by atoms with Crippen molar-refractivity contribution in [3.05, 3.63) is 26.6 Å². The van der Waals surface area contributed by atoms with E-state index in [9.17, 15) is 14.7 Å². The first kappa shape index (κ1) is 15.5. The van der Waals surface area contributed by atoms with E-state index in [1.165, 1.54) is 6.07 Å². The van der Waals surface area contributed by atoms with Crippen molar-refractivity contribution in [3.63, 3.8) is 0 Å². The largest absolute Gasteiger partial charge is 0.478 e. The number of carbonyl (C=O) groups is 2. The molecule has 1 aromatic carbocycles. The number of benzene rings is 1. The molecule has 1 aliphatic rings. The number of carbonyl (C=O) groups excluding carboxylic acids is 1. The molecule has 0 saturated carbocycles. The molecule has 1 amide bonds. The van der Waals surface area contributed by atoms with Crippen LogP contribution in [0.5, 0.6) is 0 Å². The van der Waals surface area contributed by atoms with Crippen LogP contribution >= 0.6 is 31.9 Å². The summed E-state index contributed by atoms with van der Waals surface area (Å²) < 4.78 is 1.17. The van der Waals surface area contributed by atoms with Crippen molar-refractivity contribution in [1.29, 1.82) is 0 Å². The van der Waals surface area contributed by atoms with Crippen LogP contribution in [-0.2, 0) is 4.79 Å². The highest BCUT2D eigenvalue weighted by molar-refractivity contribution is 9.11. The molecule has 108 valence electrons. The molecule has 2 rings (SSSR count). The second-order valence-electron chi connectivity index (χ2n) is 4.85. The van der Waals surface area contributed by atoms with Gasteiger partial charge in [-0.25, -0.2) is 4.79 Å². The number of halogens is 2. The van der Waals surface area contributed by atoms with Crippen molar-refractivity contribution in [2.45, 2.75) is 6.92 Å². The minimum absolute atomic E-state index is 0.0539. The van der Waals surface area contributed by atoms with Crippen LogP contribution in [0.4, 0.5) is 5.69 Å². The van der Waals surface area contributed by atoms with Gasteiger partial charge in [0.05, 0.1) is 17.2 Å². The number of amides is 1. The van der Waals surface area contributed by atoms with Crippen molar-refractivity contribution in [2.75, 3.05) is 18.4 Å². The van der Waals surface area contributed by atoms with Crippen molar-refractivity contribution < 1.29 is 14.7 Å². The van der Waals surface area contributed by atoms with Gasteiger partial charge in [-0.3, -0.25) is 4.79 Å². The van der Waals surface area contributed by atoms with E-state index >= 15 is 0 Å². The van der Waals surface area contributed by atoms with Crippen LogP contribution in [0.25, 0.3) is 0 Å². The molecular formula is C13H14Br2N2O3. The molecule has 0 bridgehead atoms. The van der Waals surface area contributed by atoms with Gasteiger partial charge >= 0.3 is 5.97 Å². The van der Waals surface area contributed by atoms with E-state index in [2.05, 4.69) is 42.5 Å². The fraction of sp³-hybridized carbons (Fsp3) is 0.385. The number of hydrogen-bond donors (Lipinski definition) is 3. The number of nitrogens with one attached hydrogen (secondary N) is 2. The van der Waals surface area contributed by atoms with E-state index in [0.717, 1.165) is 6.54 Å². The van der Waals surface area contributed by atoms with Gasteiger partial charge < -0.3 is 15.7 Å². The zero-order valence-electron chi connectivity index (χ0n) is 10.7. The third-order valence-electron chi connectivity index (χ3n) is 3.39. The highest BCUT2D eigenvalue weighted by Gasteiger charge is 2.30. The van der Waals surface area contributed by atoms with Crippen LogP contribution in [0.1, 0.15) is 17.3 Å². The number of rotatable bonds is 3. The van der Waals surface area contributed by atoms with E-state index in [4.69, 9.17) is 0 Å². The molecule has 2 atom stereocenters. The highest BCUT2D eigenvalue weighted by atomic mass is 79.9. The molecule has 0 aromatic heterocycles. The summed E-state index contributed by atoms with van der Waals surface area (Å²) in [6.45, 7) is 3.41. The van der Waals surface area contributed by atoms with E-state index in [1.54, 1.807) is 6.07 Å². The lowest BCUT2D eigenvalue weighted by Crippen LogP contribution is -2.28. The van der Waals surface area contributed by atoms with Gasteiger partial charge in [0.15, 0.2) is 0 Å². The summed E-state index contributed by atoms with van der Waals surface area (Å²) in [4.78, 5) is 23.5. The van der Waals surface area contributed by atoms with E-state index < -0.39 is 5.97 Å². The Balaban J connectivity index is 2.29. The van der Waals surface area contributed by atoms with E-state index in [-0.39, 0.29) is 23.3 Å².